The van der Waals surface area contributed by atoms with E-state index in [-0.39, 0.29) is 6.04 Å². The van der Waals surface area contributed by atoms with Crippen LogP contribution in [0.2, 0.25) is 0 Å². The van der Waals surface area contributed by atoms with Crippen molar-refractivity contribution in [1.29, 1.82) is 0 Å². The van der Waals surface area contributed by atoms with Crippen molar-refractivity contribution < 1.29 is 4.79 Å². The number of anilines is 1. The Labute approximate surface area is 95.7 Å². The highest BCUT2D eigenvalue weighted by Crippen LogP contribution is 2.22. The average molecular weight is 219 g/mol. The SMILES string of the molecule is CCc1cc(N2CCCCC2C=O)ncn1. The number of aromatic nitrogens is 2. The molecule has 1 aromatic heterocycles. The number of nitrogens with zero attached hydrogens (tertiary/aromatic N) is 3. The largest absolute Gasteiger partial charge is 0.347 e. The van der Waals surface area contributed by atoms with E-state index in [9.17, 15) is 4.79 Å². The smallest absolute Gasteiger partial charge is 0.142 e. The maximum Gasteiger partial charge on any atom is 0.142 e. The molecule has 0 bridgehead atoms. The van der Waals surface area contributed by atoms with Crippen molar-refractivity contribution in [2.45, 2.75) is 38.6 Å². The molecule has 1 aromatic rings. The molecule has 0 saturated carbocycles. The second kappa shape index (κ2) is 5.05. The maximum atomic E-state index is 11.0. The summed E-state index contributed by atoms with van der Waals surface area (Å²) in [4.78, 5) is 21.6. The molecule has 0 spiro atoms. The predicted molar refractivity (Wildman–Crippen MR) is 62.5 cm³/mol. The van der Waals surface area contributed by atoms with Gasteiger partial charge in [0.2, 0.25) is 0 Å². The van der Waals surface area contributed by atoms with Crippen molar-refractivity contribution >= 4 is 12.1 Å². The van der Waals surface area contributed by atoms with Crippen molar-refractivity contribution in [2.75, 3.05) is 11.4 Å². The first-order valence-corrected chi connectivity index (χ1v) is 5.88. The third kappa shape index (κ3) is 2.21. The van der Waals surface area contributed by atoms with Crippen LogP contribution in [0.5, 0.6) is 0 Å². The van der Waals surface area contributed by atoms with Crippen molar-refractivity contribution in [1.82, 2.24) is 9.97 Å². The molecule has 1 saturated heterocycles. The first-order valence-electron chi connectivity index (χ1n) is 5.88. The summed E-state index contributed by atoms with van der Waals surface area (Å²) in [7, 11) is 0. The van der Waals surface area contributed by atoms with Gasteiger partial charge in [-0.3, -0.25) is 0 Å². The highest BCUT2D eigenvalue weighted by atomic mass is 16.1. The molecule has 0 aromatic carbocycles. The van der Waals surface area contributed by atoms with Gasteiger partial charge < -0.3 is 9.69 Å². The molecule has 1 unspecified atom stereocenters. The van der Waals surface area contributed by atoms with E-state index in [1.807, 2.05) is 6.07 Å². The van der Waals surface area contributed by atoms with Crippen LogP contribution in [0, 0.1) is 0 Å². The average Bonchev–Trinajstić information content (AvgIpc) is 2.38. The zero-order chi connectivity index (χ0) is 11.4. The molecule has 16 heavy (non-hydrogen) atoms. The quantitative estimate of drug-likeness (QED) is 0.724. The van der Waals surface area contributed by atoms with E-state index in [0.29, 0.717) is 0 Å². The van der Waals surface area contributed by atoms with Gasteiger partial charge in [0.15, 0.2) is 0 Å². The molecule has 2 heterocycles. The van der Waals surface area contributed by atoms with Gasteiger partial charge in [-0.1, -0.05) is 6.92 Å². The van der Waals surface area contributed by atoms with Crippen LogP contribution in [0.4, 0.5) is 5.82 Å². The first kappa shape index (κ1) is 11.0. The third-order valence-corrected chi connectivity index (χ3v) is 3.07. The highest BCUT2D eigenvalue weighted by molar-refractivity contribution is 5.65. The van der Waals surface area contributed by atoms with Gasteiger partial charge in [-0.05, 0) is 25.7 Å². The van der Waals surface area contributed by atoms with Crippen molar-refractivity contribution in [3.05, 3.63) is 18.1 Å². The second-order valence-corrected chi connectivity index (χ2v) is 4.11. The van der Waals surface area contributed by atoms with Crippen LogP contribution in [0.25, 0.3) is 0 Å². The Morgan fingerprint density at radius 2 is 2.38 bits per heavy atom. The molecule has 1 aliphatic rings. The number of aryl methyl sites for hydroxylation is 1. The van der Waals surface area contributed by atoms with E-state index in [1.54, 1.807) is 6.33 Å². The Morgan fingerprint density at radius 1 is 1.50 bits per heavy atom. The summed E-state index contributed by atoms with van der Waals surface area (Å²) in [6, 6.07) is 1.98. The number of hydrogen-bond acceptors (Lipinski definition) is 4. The van der Waals surface area contributed by atoms with Crippen LogP contribution in [-0.2, 0) is 11.2 Å². The zero-order valence-electron chi connectivity index (χ0n) is 9.59. The fourth-order valence-electron chi connectivity index (χ4n) is 2.12. The molecule has 0 N–H and O–H groups in total. The summed E-state index contributed by atoms with van der Waals surface area (Å²) in [5.41, 5.74) is 1.03. The van der Waals surface area contributed by atoms with Crippen LogP contribution in [0.1, 0.15) is 31.9 Å². The minimum Gasteiger partial charge on any atom is -0.347 e. The number of aldehydes is 1. The second-order valence-electron chi connectivity index (χ2n) is 4.11. The highest BCUT2D eigenvalue weighted by Gasteiger charge is 2.22. The van der Waals surface area contributed by atoms with Crippen LogP contribution in [0.3, 0.4) is 0 Å². The Balaban J connectivity index is 2.23. The van der Waals surface area contributed by atoms with Crippen molar-refractivity contribution in [3.63, 3.8) is 0 Å². The predicted octanol–water partition coefficient (Wildman–Crippen LogP) is 1.60. The number of carbonyl (C=O) groups is 1. The minimum atomic E-state index is -0.00615. The number of carbonyl (C=O) groups excluding carboxylic acids is 1. The molecule has 4 heteroatoms. The summed E-state index contributed by atoms with van der Waals surface area (Å²) < 4.78 is 0. The lowest BCUT2D eigenvalue weighted by molar-refractivity contribution is -0.109. The molecule has 1 aliphatic heterocycles. The normalized spacial score (nSPS) is 20.8. The van der Waals surface area contributed by atoms with Crippen LogP contribution >= 0.6 is 0 Å². The molecule has 1 atom stereocenters. The van der Waals surface area contributed by atoms with Crippen LogP contribution in [-0.4, -0.2) is 28.8 Å². The van der Waals surface area contributed by atoms with Gasteiger partial charge in [-0.2, -0.15) is 0 Å². The lowest BCUT2D eigenvalue weighted by Gasteiger charge is -2.33. The van der Waals surface area contributed by atoms with E-state index < -0.39 is 0 Å². The van der Waals surface area contributed by atoms with Gasteiger partial charge in [-0.25, -0.2) is 9.97 Å². The van der Waals surface area contributed by atoms with Gasteiger partial charge in [0.1, 0.15) is 18.4 Å². The molecule has 86 valence electrons. The monoisotopic (exact) mass is 219 g/mol. The summed E-state index contributed by atoms with van der Waals surface area (Å²) in [6.45, 7) is 2.99. The number of rotatable bonds is 3. The van der Waals surface area contributed by atoms with Gasteiger partial charge in [0.05, 0.1) is 6.04 Å². The lowest BCUT2D eigenvalue weighted by Crippen LogP contribution is -2.41. The van der Waals surface area contributed by atoms with E-state index >= 15 is 0 Å². The fraction of sp³-hybridized carbons (Fsp3) is 0.583. The molecular formula is C12H17N3O. The standard InChI is InChI=1S/C12H17N3O/c1-2-10-7-12(14-9-13-10)15-6-4-3-5-11(15)8-16/h7-9,11H,2-6H2,1H3. The van der Waals surface area contributed by atoms with E-state index in [2.05, 4.69) is 21.8 Å². The van der Waals surface area contributed by atoms with Crippen molar-refractivity contribution in [3.8, 4) is 0 Å². The van der Waals surface area contributed by atoms with Crippen LogP contribution < -0.4 is 4.90 Å². The summed E-state index contributed by atoms with van der Waals surface area (Å²) >= 11 is 0. The molecule has 0 aliphatic carbocycles. The summed E-state index contributed by atoms with van der Waals surface area (Å²) in [6.07, 6.45) is 6.73. The van der Waals surface area contributed by atoms with E-state index in [0.717, 1.165) is 50.0 Å². The fourth-order valence-corrected chi connectivity index (χ4v) is 2.12. The summed E-state index contributed by atoms with van der Waals surface area (Å²) in [5, 5.41) is 0. The van der Waals surface area contributed by atoms with Gasteiger partial charge >= 0.3 is 0 Å². The topological polar surface area (TPSA) is 46.1 Å². The third-order valence-electron chi connectivity index (χ3n) is 3.07. The van der Waals surface area contributed by atoms with Gasteiger partial charge in [0.25, 0.3) is 0 Å². The molecule has 4 nitrogen and oxygen atoms in total. The van der Waals surface area contributed by atoms with E-state index in [4.69, 9.17) is 0 Å². The van der Waals surface area contributed by atoms with Gasteiger partial charge in [-0.15, -0.1) is 0 Å². The van der Waals surface area contributed by atoms with Gasteiger partial charge in [0, 0.05) is 18.3 Å². The Kier molecular flexibility index (Phi) is 3.49. The Bertz CT molecular complexity index is 367. The summed E-state index contributed by atoms with van der Waals surface area (Å²) in [5.74, 6) is 0.892. The Morgan fingerprint density at radius 3 is 3.12 bits per heavy atom. The number of piperidine rings is 1. The first-order chi connectivity index (χ1) is 7.85. The Hall–Kier alpha value is -1.45. The van der Waals surface area contributed by atoms with Crippen molar-refractivity contribution in [2.24, 2.45) is 0 Å². The maximum absolute atomic E-state index is 11.0. The number of hydrogen-bond donors (Lipinski definition) is 0. The minimum absolute atomic E-state index is 0.00615. The van der Waals surface area contributed by atoms with E-state index in [1.165, 1.54) is 0 Å². The van der Waals surface area contributed by atoms with Crippen LogP contribution in [0.15, 0.2) is 12.4 Å². The zero-order valence-corrected chi connectivity index (χ0v) is 9.59. The molecule has 0 radical (unpaired) electrons. The molecule has 0 amide bonds. The lowest BCUT2D eigenvalue weighted by atomic mass is 10.0. The molecule has 1 fully saturated rings. The molecular weight excluding hydrogens is 202 g/mol. The molecule has 2 rings (SSSR count).